The van der Waals surface area contributed by atoms with E-state index >= 15 is 0 Å². The molecule has 0 saturated carbocycles. The molecule has 0 N–H and O–H groups in total. The minimum absolute atomic E-state index is 0.0690. The smallest absolute Gasteiger partial charge is 0.333 e. The monoisotopic (exact) mass is 331 g/mol. The Morgan fingerprint density at radius 1 is 1.29 bits per heavy atom. The number of benzene rings is 1. The second-order valence-corrected chi connectivity index (χ2v) is 6.14. The maximum absolute atomic E-state index is 12.2. The highest BCUT2D eigenvalue weighted by Crippen LogP contribution is 2.24. The summed E-state index contributed by atoms with van der Waals surface area (Å²) in [6.45, 7) is 9.00. The van der Waals surface area contributed by atoms with Gasteiger partial charge in [-0.25, -0.2) is 4.79 Å². The van der Waals surface area contributed by atoms with Gasteiger partial charge < -0.3 is 4.74 Å². The van der Waals surface area contributed by atoms with Crippen molar-refractivity contribution in [1.29, 1.82) is 0 Å². The molecule has 24 heavy (non-hydrogen) atoms. The van der Waals surface area contributed by atoms with Crippen molar-refractivity contribution in [3.8, 4) is 5.75 Å². The molecule has 0 aliphatic heterocycles. The van der Waals surface area contributed by atoms with E-state index in [9.17, 15) is 14.9 Å². The Hall–Kier alpha value is -2.70. The lowest BCUT2D eigenvalue weighted by Crippen LogP contribution is -2.18. The molecule has 0 spiro atoms. The van der Waals surface area contributed by atoms with Crippen LogP contribution < -0.4 is 4.74 Å². The van der Waals surface area contributed by atoms with Gasteiger partial charge in [0.25, 0.3) is 0 Å². The summed E-state index contributed by atoms with van der Waals surface area (Å²) in [5, 5.41) is 15.1. The van der Waals surface area contributed by atoms with Crippen LogP contribution in [0.2, 0.25) is 0 Å². The molecule has 128 valence electrons. The second kappa shape index (κ2) is 6.82. The van der Waals surface area contributed by atoms with Gasteiger partial charge in [-0.3, -0.25) is 14.8 Å². The molecule has 0 aliphatic carbocycles. The summed E-state index contributed by atoms with van der Waals surface area (Å²) >= 11 is 0. The molecule has 0 radical (unpaired) electrons. The van der Waals surface area contributed by atoms with Crippen LogP contribution in [0.4, 0.5) is 5.69 Å². The molecule has 0 atom stereocenters. The lowest BCUT2D eigenvalue weighted by Gasteiger charge is -2.11. The molecule has 0 amide bonds. The Morgan fingerprint density at radius 3 is 2.50 bits per heavy atom. The number of aryl methyl sites for hydroxylation is 2. The first-order valence-electron chi connectivity index (χ1n) is 7.69. The van der Waals surface area contributed by atoms with Crippen LogP contribution in [-0.2, 0) is 11.3 Å². The first kappa shape index (κ1) is 17.7. The number of nitrogens with zero attached hydrogens (tertiary/aromatic N) is 3. The summed E-state index contributed by atoms with van der Waals surface area (Å²) in [5.74, 6) is 0.275. The maximum atomic E-state index is 12.2. The Balaban J connectivity index is 2.17. The SMILES string of the molecule is Cc1cc(OC(=O)Cn2nc(C)c([N+](=O)[O-])c2C)cc(C(C)C)c1. The van der Waals surface area contributed by atoms with Crippen molar-refractivity contribution in [2.45, 2.75) is 47.1 Å². The number of hydrogen-bond donors (Lipinski definition) is 0. The van der Waals surface area contributed by atoms with Gasteiger partial charge in [-0.1, -0.05) is 19.9 Å². The number of aromatic nitrogens is 2. The van der Waals surface area contributed by atoms with Crippen LogP contribution in [0, 0.1) is 30.9 Å². The van der Waals surface area contributed by atoms with Crippen molar-refractivity contribution in [2.75, 3.05) is 0 Å². The van der Waals surface area contributed by atoms with Gasteiger partial charge >= 0.3 is 11.7 Å². The number of hydrogen-bond acceptors (Lipinski definition) is 5. The predicted octanol–water partition coefficient (Wildman–Crippen LogP) is 3.45. The van der Waals surface area contributed by atoms with E-state index in [1.54, 1.807) is 19.9 Å². The van der Waals surface area contributed by atoms with Crippen molar-refractivity contribution < 1.29 is 14.5 Å². The van der Waals surface area contributed by atoms with Crippen LogP contribution in [-0.4, -0.2) is 20.7 Å². The zero-order valence-corrected chi connectivity index (χ0v) is 14.5. The molecule has 0 unspecified atom stereocenters. The van der Waals surface area contributed by atoms with Gasteiger partial charge in [0.05, 0.1) is 4.92 Å². The van der Waals surface area contributed by atoms with Crippen LogP contribution in [0.5, 0.6) is 5.75 Å². The van der Waals surface area contributed by atoms with Crippen LogP contribution in [0.25, 0.3) is 0 Å². The van der Waals surface area contributed by atoms with Crippen LogP contribution in [0.3, 0.4) is 0 Å². The van der Waals surface area contributed by atoms with Gasteiger partial charge in [-0.15, -0.1) is 0 Å². The Labute approximate surface area is 140 Å². The van der Waals surface area contributed by atoms with E-state index in [1.165, 1.54) is 4.68 Å². The summed E-state index contributed by atoms with van der Waals surface area (Å²) < 4.78 is 6.69. The second-order valence-electron chi connectivity index (χ2n) is 6.14. The summed E-state index contributed by atoms with van der Waals surface area (Å²) in [5.41, 5.74) is 2.63. The highest BCUT2D eigenvalue weighted by molar-refractivity contribution is 5.72. The first-order chi connectivity index (χ1) is 11.2. The maximum Gasteiger partial charge on any atom is 0.333 e. The normalized spacial score (nSPS) is 10.9. The lowest BCUT2D eigenvalue weighted by molar-refractivity contribution is -0.386. The van der Waals surface area contributed by atoms with Crippen LogP contribution >= 0.6 is 0 Å². The standard InChI is InChI=1S/C17H21N3O4/c1-10(2)14-6-11(3)7-15(8-14)24-16(21)9-19-13(5)17(20(22)23)12(4)18-19/h6-8,10H,9H2,1-5H3. The van der Waals surface area contributed by atoms with E-state index in [0.29, 0.717) is 17.4 Å². The largest absolute Gasteiger partial charge is 0.425 e. The van der Waals surface area contributed by atoms with Crippen molar-refractivity contribution in [3.05, 3.63) is 50.8 Å². The molecule has 7 nitrogen and oxygen atoms in total. The lowest BCUT2D eigenvalue weighted by atomic mass is 10.0. The zero-order chi connectivity index (χ0) is 18.0. The quantitative estimate of drug-likeness (QED) is 0.362. The van der Waals surface area contributed by atoms with E-state index < -0.39 is 10.9 Å². The molecular weight excluding hydrogens is 310 g/mol. The molecule has 2 rings (SSSR count). The summed E-state index contributed by atoms with van der Waals surface area (Å²) in [6.07, 6.45) is 0. The summed E-state index contributed by atoms with van der Waals surface area (Å²) in [7, 11) is 0. The number of rotatable bonds is 5. The third kappa shape index (κ3) is 3.79. The molecule has 0 aliphatic rings. The fourth-order valence-electron chi connectivity index (χ4n) is 2.56. The predicted molar refractivity (Wildman–Crippen MR) is 89.3 cm³/mol. The van der Waals surface area contributed by atoms with Gasteiger partial charge in [0.2, 0.25) is 0 Å². The van der Waals surface area contributed by atoms with Crippen LogP contribution in [0.15, 0.2) is 18.2 Å². The number of esters is 1. The summed E-state index contributed by atoms with van der Waals surface area (Å²) in [4.78, 5) is 22.7. The first-order valence-corrected chi connectivity index (χ1v) is 7.69. The minimum atomic E-state index is -0.518. The molecule has 2 aromatic rings. The van der Waals surface area contributed by atoms with Gasteiger partial charge in [0, 0.05) is 0 Å². The van der Waals surface area contributed by atoms with Gasteiger partial charge in [0.1, 0.15) is 23.7 Å². The molecule has 1 aromatic carbocycles. The topological polar surface area (TPSA) is 87.3 Å². The van der Waals surface area contributed by atoms with E-state index in [2.05, 4.69) is 18.9 Å². The number of carbonyl (C=O) groups is 1. The van der Waals surface area contributed by atoms with E-state index in [-0.39, 0.29) is 17.9 Å². The molecule has 1 heterocycles. The van der Waals surface area contributed by atoms with E-state index in [0.717, 1.165) is 11.1 Å². The van der Waals surface area contributed by atoms with Gasteiger partial charge in [0.15, 0.2) is 0 Å². The Bertz CT molecular complexity index is 793. The average Bonchev–Trinajstić information content (AvgIpc) is 2.72. The highest BCUT2D eigenvalue weighted by atomic mass is 16.6. The molecule has 0 bridgehead atoms. The van der Waals surface area contributed by atoms with Crippen molar-refractivity contribution >= 4 is 11.7 Å². The zero-order valence-electron chi connectivity index (χ0n) is 14.5. The van der Waals surface area contributed by atoms with Crippen molar-refractivity contribution in [2.24, 2.45) is 0 Å². The van der Waals surface area contributed by atoms with E-state index in [1.807, 2.05) is 19.1 Å². The third-order valence-corrected chi connectivity index (χ3v) is 3.78. The van der Waals surface area contributed by atoms with Gasteiger partial charge in [-0.2, -0.15) is 5.10 Å². The third-order valence-electron chi connectivity index (χ3n) is 3.78. The van der Waals surface area contributed by atoms with Crippen molar-refractivity contribution in [1.82, 2.24) is 9.78 Å². The number of carbonyl (C=O) groups excluding carboxylic acids is 1. The summed E-state index contributed by atoms with van der Waals surface area (Å²) in [6, 6.07) is 5.67. The Morgan fingerprint density at radius 2 is 1.96 bits per heavy atom. The van der Waals surface area contributed by atoms with E-state index in [4.69, 9.17) is 4.74 Å². The highest BCUT2D eigenvalue weighted by Gasteiger charge is 2.23. The number of ether oxygens (including phenoxy) is 1. The number of nitro groups is 1. The average molecular weight is 331 g/mol. The molecule has 7 heteroatoms. The Kier molecular flexibility index (Phi) is 5.02. The fourth-order valence-corrected chi connectivity index (χ4v) is 2.56. The molecule has 0 saturated heterocycles. The minimum Gasteiger partial charge on any atom is -0.425 e. The fraction of sp³-hybridized carbons (Fsp3) is 0.412. The molecular formula is C17H21N3O4. The van der Waals surface area contributed by atoms with Crippen molar-refractivity contribution in [3.63, 3.8) is 0 Å². The van der Waals surface area contributed by atoms with Gasteiger partial charge in [-0.05, 0) is 49.9 Å². The molecule has 0 fully saturated rings. The van der Waals surface area contributed by atoms with Crippen LogP contribution in [0.1, 0.15) is 42.3 Å². The molecule has 1 aromatic heterocycles.